The van der Waals surface area contributed by atoms with Gasteiger partial charge < -0.3 is 4.90 Å². The van der Waals surface area contributed by atoms with Gasteiger partial charge in [-0.15, -0.1) is 0 Å². The summed E-state index contributed by atoms with van der Waals surface area (Å²) in [5.74, 6) is 0.185. The van der Waals surface area contributed by atoms with Gasteiger partial charge in [0.15, 0.2) is 0 Å². The minimum atomic E-state index is 0.185. The molecule has 1 aliphatic rings. The summed E-state index contributed by atoms with van der Waals surface area (Å²) >= 11 is 6.33. The number of amides is 1. The Morgan fingerprint density at radius 1 is 1.14 bits per heavy atom. The summed E-state index contributed by atoms with van der Waals surface area (Å²) in [7, 11) is 0. The van der Waals surface area contributed by atoms with Crippen molar-refractivity contribution in [1.29, 1.82) is 0 Å². The molecular formula is C24H26ClN3O. The van der Waals surface area contributed by atoms with Gasteiger partial charge >= 0.3 is 0 Å². The number of nitrogens with zero attached hydrogens (tertiary/aromatic N) is 3. The van der Waals surface area contributed by atoms with Gasteiger partial charge in [0.2, 0.25) is 5.91 Å². The molecule has 0 atom stereocenters. The van der Waals surface area contributed by atoms with Gasteiger partial charge in [0.05, 0.1) is 12.1 Å². The minimum absolute atomic E-state index is 0.185. The molecular weight excluding hydrogens is 382 g/mol. The van der Waals surface area contributed by atoms with Gasteiger partial charge in [-0.2, -0.15) is 0 Å². The summed E-state index contributed by atoms with van der Waals surface area (Å²) in [6.07, 6.45) is 0.776. The zero-order valence-electron chi connectivity index (χ0n) is 17.0. The Labute approximate surface area is 177 Å². The molecule has 4 rings (SSSR count). The van der Waals surface area contributed by atoms with Crippen LogP contribution in [0.2, 0.25) is 5.02 Å². The van der Waals surface area contributed by atoms with Crippen LogP contribution in [0.1, 0.15) is 25.1 Å². The highest BCUT2D eigenvalue weighted by Gasteiger charge is 2.26. The zero-order valence-corrected chi connectivity index (χ0v) is 17.7. The van der Waals surface area contributed by atoms with E-state index in [9.17, 15) is 4.79 Å². The van der Waals surface area contributed by atoms with Crippen molar-refractivity contribution in [2.75, 3.05) is 26.2 Å². The Morgan fingerprint density at radius 2 is 1.90 bits per heavy atom. The van der Waals surface area contributed by atoms with Gasteiger partial charge in [0.1, 0.15) is 0 Å². The molecule has 4 nitrogen and oxygen atoms in total. The number of pyridine rings is 1. The minimum Gasteiger partial charge on any atom is -0.337 e. The summed E-state index contributed by atoms with van der Waals surface area (Å²) < 4.78 is 0. The Bertz CT molecular complexity index is 1030. The van der Waals surface area contributed by atoms with Crippen molar-refractivity contribution < 1.29 is 4.79 Å². The van der Waals surface area contributed by atoms with Crippen LogP contribution in [-0.4, -0.2) is 46.9 Å². The van der Waals surface area contributed by atoms with Crippen molar-refractivity contribution in [2.24, 2.45) is 0 Å². The average Bonchev–Trinajstić information content (AvgIpc) is 2.76. The molecule has 150 valence electrons. The van der Waals surface area contributed by atoms with Crippen LogP contribution in [0.15, 0.2) is 48.5 Å². The number of likely N-dealkylation sites (N-methyl/N-ethyl adjacent to an activating group) is 1. The molecule has 1 aromatic heterocycles. The van der Waals surface area contributed by atoms with Crippen molar-refractivity contribution in [3.63, 3.8) is 0 Å². The van der Waals surface area contributed by atoms with Gasteiger partial charge in [-0.1, -0.05) is 55.8 Å². The van der Waals surface area contributed by atoms with E-state index in [-0.39, 0.29) is 5.91 Å². The Kier molecular flexibility index (Phi) is 5.84. The second-order valence-electron chi connectivity index (χ2n) is 7.47. The number of fused-ring (bicyclic) bond motifs is 2. The number of halogens is 1. The van der Waals surface area contributed by atoms with Crippen molar-refractivity contribution in [3.8, 4) is 11.1 Å². The Hall–Kier alpha value is -2.43. The lowest BCUT2D eigenvalue weighted by atomic mass is 9.91. The lowest BCUT2D eigenvalue weighted by Crippen LogP contribution is -2.43. The monoisotopic (exact) mass is 407 g/mol. The molecule has 2 aromatic carbocycles. The Morgan fingerprint density at radius 3 is 2.62 bits per heavy atom. The van der Waals surface area contributed by atoms with Gasteiger partial charge in [0.25, 0.3) is 0 Å². The Balaban J connectivity index is 1.79. The van der Waals surface area contributed by atoms with Crippen LogP contribution in [0.5, 0.6) is 0 Å². The van der Waals surface area contributed by atoms with Crippen molar-refractivity contribution in [1.82, 2.24) is 14.8 Å². The molecule has 5 heteroatoms. The second kappa shape index (κ2) is 8.52. The van der Waals surface area contributed by atoms with E-state index in [1.807, 2.05) is 41.3 Å². The lowest BCUT2D eigenvalue weighted by molar-refractivity contribution is -0.133. The normalized spacial score (nSPS) is 13.7. The standard InChI is InChI=1S/C24H26ClN3O/c1-3-27(4-2)16-23(29)28-13-12-22-20(15-28)24(17-8-6-5-7-9-17)19-14-18(25)10-11-21(19)26-22/h5-11,14H,3-4,12-13,15-16H2,1-2H3. The van der Waals surface area contributed by atoms with E-state index >= 15 is 0 Å². The molecule has 1 amide bonds. The third kappa shape index (κ3) is 4.00. The van der Waals surface area contributed by atoms with E-state index in [1.54, 1.807) is 0 Å². The van der Waals surface area contributed by atoms with Crippen LogP contribution in [-0.2, 0) is 17.8 Å². The lowest BCUT2D eigenvalue weighted by Gasteiger charge is -2.32. The fraction of sp³-hybridized carbons (Fsp3) is 0.333. The first kappa shape index (κ1) is 19.9. The maximum Gasteiger partial charge on any atom is 0.237 e. The van der Waals surface area contributed by atoms with Crippen LogP contribution >= 0.6 is 11.6 Å². The number of carbonyl (C=O) groups excluding carboxylic acids is 1. The molecule has 2 heterocycles. The molecule has 3 aromatic rings. The molecule has 0 fully saturated rings. The molecule has 0 spiro atoms. The van der Waals surface area contributed by atoms with Crippen LogP contribution < -0.4 is 0 Å². The molecule has 29 heavy (non-hydrogen) atoms. The van der Waals surface area contributed by atoms with E-state index in [0.717, 1.165) is 52.8 Å². The number of aromatic nitrogens is 1. The number of hydrogen-bond donors (Lipinski definition) is 0. The maximum atomic E-state index is 12.9. The van der Waals surface area contributed by atoms with Crippen molar-refractivity contribution in [2.45, 2.75) is 26.8 Å². The number of rotatable bonds is 5. The summed E-state index contributed by atoms with van der Waals surface area (Å²) in [5.41, 5.74) is 5.47. The van der Waals surface area contributed by atoms with Crippen molar-refractivity contribution in [3.05, 3.63) is 64.8 Å². The van der Waals surface area contributed by atoms with Crippen molar-refractivity contribution >= 4 is 28.4 Å². The predicted molar refractivity (Wildman–Crippen MR) is 119 cm³/mol. The first-order chi connectivity index (χ1) is 14.1. The zero-order chi connectivity index (χ0) is 20.4. The van der Waals surface area contributed by atoms with Crippen LogP contribution in [0.25, 0.3) is 22.0 Å². The second-order valence-corrected chi connectivity index (χ2v) is 7.90. The third-order valence-corrected chi connectivity index (χ3v) is 6.00. The molecule has 0 saturated carbocycles. The largest absolute Gasteiger partial charge is 0.337 e. The summed E-state index contributed by atoms with van der Waals surface area (Å²) in [6, 6.07) is 16.2. The highest BCUT2D eigenvalue weighted by molar-refractivity contribution is 6.31. The van der Waals surface area contributed by atoms with Crippen LogP contribution in [0, 0.1) is 0 Å². The van der Waals surface area contributed by atoms with E-state index in [1.165, 1.54) is 0 Å². The van der Waals surface area contributed by atoms with Gasteiger partial charge in [-0.05, 0) is 42.4 Å². The molecule has 0 radical (unpaired) electrons. The summed E-state index contributed by atoms with van der Waals surface area (Å²) in [4.78, 5) is 22.0. The van der Waals surface area contributed by atoms with Crippen LogP contribution in [0.3, 0.4) is 0 Å². The van der Waals surface area contributed by atoms with E-state index < -0.39 is 0 Å². The highest BCUT2D eigenvalue weighted by atomic mass is 35.5. The predicted octanol–water partition coefficient (Wildman–Crippen LogP) is 4.78. The molecule has 1 aliphatic heterocycles. The van der Waals surface area contributed by atoms with Gasteiger partial charge in [0, 0.05) is 41.2 Å². The number of benzene rings is 2. The quantitative estimate of drug-likeness (QED) is 0.610. The number of carbonyl (C=O) groups is 1. The highest BCUT2D eigenvalue weighted by Crippen LogP contribution is 2.36. The molecule has 0 N–H and O–H groups in total. The fourth-order valence-corrected chi connectivity index (χ4v) is 4.27. The first-order valence-electron chi connectivity index (χ1n) is 10.3. The number of hydrogen-bond acceptors (Lipinski definition) is 3. The molecule has 0 bridgehead atoms. The molecule has 0 saturated heterocycles. The smallest absolute Gasteiger partial charge is 0.237 e. The molecule has 0 unspecified atom stereocenters. The third-order valence-electron chi connectivity index (χ3n) is 5.77. The maximum absolute atomic E-state index is 12.9. The van der Waals surface area contributed by atoms with Crippen LogP contribution in [0.4, 0.5) is 0 Å². The van der Waals surface area contributed by atoms with Gasteiger partial charge in [-0.25, -0.2) is 0 Å². The summed E-state index contributed by atoms with van der Waals surface area (Å²) in [6.45, 7) is 7.73. The molecule has 0 aliphatic carbocycles. The summed E-state index contributed by atoms with van der Waals surface area (Å²) in [5, 5.41) is 1.74. The van der Waals surface area contributed by atoms with E-state index in [4.69, 9.17) is 16.6 Å². The topological polar surface area (TPSA) is 36.4 Å². The SMILES string of the molecule is CCN(CC)CC(=O)N1CCc2nc3ccc(Cl)cc3c(-c3ccccc3)c2C1. The first-order valence-corrected chi connectivity index (χ1v) is 10.6. The fourth-order valence-electron chi connectivity index (χ4n) is 4.10. The van der Waals surface area contributed by atoms with Gasteiger partial charge in [-0.3, -0.25) is 14.7 Å². The average molecular weight is 408 g/mol. The van der Waals surface area contributed by atoms with E-state index in [2.05, 4.69) is 30.9 Å². The van der Waals surface area contributed by atoms with E-state index in [0.29, 0.717) is 24.7 Å².